The number of nitrogens with two attached hydrogens (primary N) is 3. The van der Waals surface area contributed by atoms with Gasteiger partial charge in [-0.25, -0.2) is 4.79 Å². The predicted molar refractivity (Wildman–Crippen MR) is 121 cm³/mol. The molecule has 10 N–H and O–H groups in total. The van der Waals surface area contributed by atoms with E-state index in [1.165, 1.54) is 6.92 Å². The standard InChI is InChI=1S/C20H39N7O5/c1-6-11(4)14(21)18(30)25-12(5)16(28)26-13(8-7-9-24-20(22)23)17(29)27-15(10(2)3)19(31)32/h10-15H,6-9,21H2,1-5H3,(H,25,30)(H,26,28)(H,27,29)(H,31,32)(H4,22,23,24). The van der Waals surface area contributed by atoms with Crippen molar-refractivity contribution in [1.82, 2.24) is 16.0 Å². The molecule has 5 atom stereocenters. The van der Waals surface area contributed by atoms with Gasteiger partial charge in [0.1, 0.15) is 18.1 Å². The van der Waals surface area contributed by atoms with Gasteiger partial charge in [-0.3, -0.25) is 19.4 Å². The third-order valence-electron chi connectivity index (χ3n) is 5.12. The quantitative estimate of drug-likeness (QED) is 0.0935. The van der Waals surface area contributed by atoms with Crippen molar-refractivity contribution in [3.8, 4) is 0 Å². The number of guanidine groups is 1. The van der Waals surface area contributed by atoms with Gasteiger partial charge in [-0.2, -0.15) is 0 Å². The average Bonchev–Trinajstić information content (AvgIpc) is 2.71. The molecule has 0 heterocycles. The van der Waals surface area contributed by atoms with Crippen molar-refractivity contribution in [2.75, 3.05) is 6.54 Å². The van der Waals surface area contributed by atoms with E-state index in [4.69, 9.17) is 17.2 Å². The van der Waals surface area contributed by atoms with Gasteiger partial charge in [-0.1, -0.05) is 34.1 Å². The number of carbonyl (C=O) groups is 4. The number of amides is 3. The van der Waals surface area contributed by atoms with Crippen molar-refractivity contribution < 1.29 is 24.3 Å². The first-order chi connectivity index (χ1) is 14.8. The number of carboxylic acids is 1. The third-order valence-corrected chi connectivity index (χ3v) is 5.12. The van der Waals surface area contributed by atoms with E-state index in [2.05, 4.69) is 20.9 Å². The van der Waals surface area contributed by atoms with E-state index in [-0.39, 0.29) is 30.8 Å². The van der Waals surface area contributed by atoms with Gasteiger partial charge in [-0.15, -0.1) is 0 Å². The molecule has 0 rings (SSSR count). The third kappa shape index (κ3) is 10.4. The van der Waals surface area contributed by atoms with Crippen molar-refractivity contribution in [3.05, 3.63) is 0 Å². The molecule has 0 spiro atoms. The Balaban J connectivity index is 5.25. The van der Waals surface area contributed by atoms with E-state index in [0.717, 1.165) is 0 Å². The average molecular weight is 458 g/mol. The van der Waals surface area contributed by atoms with Crippen LogP contribution in [-0.4, -0.2) is 65.5 Å². The molecular weight excluding hydrogens is 418 g/mol. The van der Waals surface area contributed by atoms with Crippen LogP contribution < -0.4 is 33.2 Å². The Bertz CT molecular complexity index is 679. The highest BCUT2D eigenvalue weighted by Gasteiger charge is 2.30. The summed E-state index contributed by atoms with van der Waals surface area (Å²) in [6, 6.07) is -3.88. The summed E-state index contributed by atoms with van der Waals surface area (Å²) < 4.78 is 0. The predicted octanol–water partition coefficient (Wildman–Crippen LogP) is -1.37. The molecule has 0 aromatic heterocycles. The topological polar surface area (TPSA) is 215 Å². The molecule has 3 amide bonds. The van der Waals surface area contributed by atoms with Gasteiger partial charge >= 0.3 is 5.97 Å². The van der Waals surface area contributed by atoms with Crippen molar-refractivity contribution in [3.63, 3.8) is 0 Å². The molecule has 5 unspecified atom stereocenters. The molecule has 0 aromatic rings. The zero-order chi connectivity index (χ0) is 25.0. The van der Waals surface area contributed by atoms with E-state index in [1.807, 2.05) is 13.8 Å². The number of carboxylic acid groups (broad SMARTS) is 1. The lowest BCUT2D eigenvalue weighted by Crippen LogP contribution is -2.57. The van der Waals surface area contributed by atoms with Gasteiger partial charge in [0.25, 0.3) is 0 Å². The molecule has 0 bridgehead atoms. The first-order valence-electron chi connectivity index (χ1n) is 10.8. The van der Waals surface area contributed by atoms with Crippen LogP contribution in [0.3, 0.4) is 0 Å². The van der Waals surface area contributed by atoms with Gasteiger partial charge in [0.05, 0.1) is 6.04 Å². The summed E-state index contributed by atoms with van der Waals surface area (Å²) in [5, 5.41) is 16.9. The number of hydrogen-bond acceptors (Lipinski definition) is 6. The lowest BCUT2D eigenvalue weighted by Gasteiger charge is -2.25. The lowest BCUT2D eigenvalue weighted by molar-refractivity contribution is -0.143. The SMILES string of the molecule is CCC(C)C(N)C(=O)NC(C)C(=O)NC(CCCN=C(N)N)C(=O)NC(C(=O)O)C(C)C. The van der Waals surface area contributed by atoms with Crippen molar-refractivity contribution in [2.24, 2.45) is 34.0 Å². The maximum absolute atomic E-state index is 12.7. The van der Waals surface area contributed by atoms with Crippen LogP contribution in [0.4, 0.5) is 0 Å². The van der Waals surface area contributed by atoms with E-state index in [0.29, 0.717) is 12.8 Å². The number of nitrogens with one attached hydrogen (secondary N) is 3. The van der Waals surface area contributed by atoms with Crippen LogP contribution in [0.15, 0.2) is 4.99 Å². The minimum Gasteiger partial charge on any atom is -0.480 e. The van der Waals surface area contributed by atoms with E-state index in [9.17, 15) is 24.3 Å². The van der Waals surface area contributed by atoms with E-state index in [1.54, 1.807) is 13.8 Å². The van der Waals surface area contributed by atoms with Crippen LogP contribution in [0.2, 0.25) is 0 Å². The molecule has 12 heteroatoms. The smallest absolute Gasteiger partial charge is 0.326 e. The van der Waals surface area contributed by atoms with Gasteiger partial charge in [0.2, 0.25) is 17.7 Å². The second-order valence-corrected chi connectivity index (χ2v) is 8.22. The summed E-state index contributed by atoms with van der Waals surface area (Å²) >= 11 is 0. The number of aliphatic imine (C=N–C) groups is 1. The Morgan fingerprint density at radius 1 is 0.938 bits per heavy atom. The second-order valence-electron chi connectivity index (χ2n) is 8.22. The van der Waals surface area contributed by atoms with Crippen LogP contribution in [0, 0.1) is 11.8 Å². The molecule has 0 saturated carbocycles. The van der Waals surface area contributed by atoms with Crippen LogP contribution in [0.5, 0.6) is 0 Å². The summed E-state index contributed by atoms with van der Waals surface area (Å²) in [5.74, 6) is -3.44. The summed E-state index contributed by atoms with van der Waals surface area (Å²) in [4.78, 5) is 52.9. The molecule has 0 radical (unpaired) electrons. The number of carbonyl (C=O) groups excluding carboxylic acids is 3. The molecule has 0 aliphatic rings. The molecule has 0 fully saturated rings. The Kier molecular flexibility index (Phi) is 12.9. The molecule has 0 aromatic carbocycles. The second kappa shape index (κ2) is 14.2. The first kappa shape index (κ1) is 29.1. The van der Waals surface area contributed by atoms with E-state index >= 15 is 0 Å². The van der Waals surface area contributed by atoms with Gasteiger partial charge in [0, 0.05) is 6.54 Å². The number of aliphatic carboxylic acids is 1. The van der Waals surface area contributed by atoms with Gasteiger partial charge < -0.3 is 38.3 Å². The minimum atomic E-state index is -1.18. The Labute approximate surface area is 189 Å². The van der Waals surface area contributed by atoms with Crippen molar-refractivity contribution in [2.45, 2.75) is 78.0 Å². The fraction of sp³-hybridized carbons (Fsp3) is 0.750. The molecule has 184 valence electrons. The first-order valence-corrected chi connectivity index (χ1v) is 10.8. The fourth-order valence-electron chi connectivity index (χ4n) is 2.72. The van der Waals surface area contributed by atoms with Gasteiger partial charge in [-0.05, 0) is 31.6 Å². The molecule has 0 aliphatic carbocycles. The Morgan fingerprint density at radius 2 is 1.53 bits per heavy atom. The highest BCUT2D eigenvalue weighted by atomic mass is 16.4. The molecule has 0 saturated heterocycles. The number of rotatable bonds is 14. The zero-order valence-electron chi connectivity index (χ0n) is 19.6. The maximum atomic E-state index is 12.7. The summed E-state index contributed by atoms with van der Waals surface area (Å²) in [6.45, 7) is 8.75. The Morgan fingerprint density at radius 3 is 2.00 bits per heavy atom. The van der Waals surface area contributed by atoms with E-state index < -0.39 is 47.9 Å². The lowest BCUT2D eigenvalue weighted by atomic mass is 9.99. The normalized spacial score (nSPS) is 15.6. The van der Waals surface area contributed by atoms with Crippen molar-refractivity contribution >= 4 is 29.7 Å². The Hall–Kier alpha value is -2.89. The number of nitrogens with zero attached hydrogens (tertiary/aromatic N) is 1. The van der Waals surface area contributed by atoms with Crippen LogP contribution in [-0.2, 0) is 19.2 Å². The molecule has 0 aliphatic heterocycles. The largest absolute Gasteiger partial charge is 0.480 e. The van der Waals surface area contributed by atoms with Crippen LogP contribution in [0.25, 0.3) is 0 Å². The maximum Gasteiger partial charge on any atom is 0.326 e. The highest BCUT2D eigenvalue weighted by Crippen LogP contribution is 2.07. The summed E-state index contributed by atoms with van der Waals surface area (Å²) in [6.07, 6.45) is 1.22. The van der Waals surface area contributed by atoms with Crippen LogP contribution >= 0.6 is 0 Å². The fourth-order valence-corrected chi connectivity index (χ4v) is 2.72. The van der Waals surface area contributed by atoms with Gasteiger partial charge in [0.15, 0.2) is 5.96 Å². The molecular formula is C20H39N7O5. The number of hydrogen-bond donors (Lipinski definition) is 7. The van der Waals surface area contributed by atoms with Crippen molar-refractivity contribution in [1.29, 1.82) is 0 Å². The molecule has 12 nitrogen and oxygen atoms in total. The zero-order valence-corrected chi connectivity index (χ0v) is 19.6. The summed E-state index contributed by atoms with van der Waals surface area (Å²) in [7, 11) is 0. The highest BCUT2D eigenvalue weighted by molar-refractivity contribution is 5.94. The minimum absolute atomic E-state index is 0.0664. The molecule has 32 heavy (non-hydrogen) atoms. The summed E-state index contributed by atoms with van der Waals surface area (Å²) in [5.41, 5.74) is 16.5. The monoisotopic (exact) mass is 457 g/mol. The van der Waals surface area contributed by atoms with Crippen LogP contribution in [0.1, 0.15) is 53.9 Å².